The second-order valence-electron chi connectivity index (χ2n) is 6.59. The van der Waals surface area contributed by atoms with Crippen molar-refractivity contribution >= 4 is 29.1 Å². The fraction of sp³-hybridized carbons (Fsp3) is 0.0870. The number of aromatic nitrogens is 3. The minimum atomic E-state index is -0.316. The average molecular weight is 438 g/mol. The zero-order valence-electron chi connectivity index (χ0n) is 15.8. The van der Waals surface area contributed by atoms with Crippen LogP contribution in [0.4, 0.5) is 4.39 Å². The SMILES string of the molecule is O=C(CSc1nnc(Cc2ccccc2)n1-c1ccc(F)cc1)c1ccc(Cl)cc1. The standard InChI is InChI=1S/C23H17ClFN3OS/c24-18-8-6-17(7-9-18)21(29)15-30-23-27-26-22(14-16-4-2-1-3-5-16)28(23)20-12-10-19(25)11-13-20/h1-13H,14-15H2. The van der Waals surface area contributed by atoms with Crippen LogP contribution in [0, 0.1) is 5.82 Å². The normalized spacial score (nSPS) is 10.9. The maximum Gasteiger partial charge on any atom is 0.196 e. The minimum absolute atomic E-state index is 0.0325. The first-order valence-corrected chi connectivity index (χ1v) is 10.6. The summed E-state index contributed by atoms with van der Waals surface area (Å²) in [5.74, 6) is 0.569. The monoisotopic (exact) mass is 437 g/mol. The number of carbonyl (C=O) groups excluding carboxylic acids is 1. The number of halogens is 2. The molecule has 0 N–H and O–H groups in total. The Balaban J connectivity index is 1.61. The van der Waals surface area contributed by atoms with Gasteiger partial charge in [-0.25, -0.2) is 4.39 Å². The number of carbonyl (C=O) groups is 1. The summed E-state index contributed by atoms with van der Waals surface area (Å²) in [7, 11) is 0. The summed E-state index contributed by atoms with van der Waals surface area (Å²) in [6, 6.07) is 22.9. The Bertz CT molecular complexity index is 1150. The van der Waals surface area contributed by atoms with Crippen molar-refractivity contribution in [1.82, 2.24) is 14.8 Å². The molecular weight excluding hydrogens is 421 g/mol. The lowest BCUT2D eigenvalue weighted by Gasteiger charge is -2.10. The lowest BCUT2D eigenvalue weighted by Crippen LogP contribution is -2.06. The second kappa shape index (κ2) is 9.24. The van der Waals surface area contributed by atoms with Crippen molar-refractivity contribution in [1.29, 1.82) is 0 Å². The highest BCUT2D eigenvalue weighted by Gasteiger charge is 2.17. The van der Waals surface area contributed by atoms with Crippen LogP contribution in [0.1, 0.15) is 21.7 Å². The third kappa shape index (κ3) is 4.78. The van der Waals surface area contributed by atoms with Gasteiger partial charge in [0.1, 0.15) is 11.6 Å². The molecule has 4 nitrogen and oxygen atoms in total. The molecule has 0 saturated heterocycles. The summed E-state index contributed by atoms with van der Waals surface area (Å²) >= 11 is 7.19. The molecule has 0 aliphatic carbocycles. The lowest BCUT2D eigenvalue weighted by atomic mass is 10.1. The zero-order chi connectivity index (χ0) is 20.9. The molecular formula is C23H17ClFN3OS. The third-order valence-electron chi connectivity index (χ3n) is 4.49. The van der Waals surface area contributed by atoms with Gasteiger partial charge in [0.05, 0.1) is 5.75 Å². The maximum atomic E-state index is 13.4. The first-order valence-electron chi connectivity index (χ1n) is 9.26. The molecule has 0 fully saturated rings. The van der Waals surface area contributed by atoms with Crippen molar-refractivity contribution in [2.24, 2.45) is 0 Å². The number of ketones is 1. The smallest absolute Gasteiger partial charge is 0.196 e. The van der Waals surface area contributed by atoms with E-state index in [9.17, 15) is 9.18 Å². The molecule has 0 radical (unpaired) electrons. The molecule has 4 rings (SSSR count). The Hall–Kier alpha value is -2.96. The molecule has 1 heterocycles. The number of nitrogens with zero attached hydrogens (tertiary/aromatic N) is 3. The van der Waals surface area contributed by atoms with Crippen molar-refractivity contribution in [3.63, 3.8) is 0 Å². The van der Waals surface area contributed by atoms with E-state index in [-0.39, 0.29) is 17.4 Å². The quantitative estimate of drug-likeness (QED) is 0.278. The summed E-state index contributed by atoms with van der Waals surface area (Å²) in [5.41, 5.74) is 2.42. The predicted molar refractivity (Wildman–Crippen MR) is 117 cm³/mol. The predicted octanol–water partition coefficient (Wildman–Crippen LogP) is 5.63. The zero-order valence-corrected chi connectivity index (χ0v) is 17.4. The molecule has 30 heavy (non-hydrogen) atoms. The summed E-state index contributed by atoms with van der Waals surface area (Å²) in [6.07, 6.45) is 0.566. The lowest BCUT2D eigenvalue weighted by molar-refractivity contribution is 0.102. The van der Waals surface area contributed by atoms with Crippen LogP contribution in [-0.4, -0.2) is 26.3 Å². The van der Waals surface area contributed by atoms with E-state index in [1.165, 1.54) is 23.9 Å². The van der Waals surface area contributed by atoms with E-state index in [1.807, 2.05) is 34.9 Å². The van der Waals surface area contributed by atoms with Crippen LogP contribution in [0.5, 0.6) is 0 Å². The Labute approximate surface area is 182 Å². The van der Waals surface area contributed by atoms with Gasteiger partial charge >= 0.3 is 0 Å². The van der Waals surface area contributed by atoms with Crippen LogP contribution in [0.15, 0.2) is 84.0 Å². The van der Waals surface area contributed by atoms with Crippen LogP contribution in [0.25, 0.3) is 5.69 Å². The number of hydrogen-bond acceptors (Lipinski definition) is 4. The van der Waals surface area contributed by atoms with Crippen molar-refractivity contribution in [2.45, 2.75) is 11.6 Å². The topological polar surface area (TPSA) is 47.8 Å². The van der Waals surface area contributed by atoms with Crippen LogP contribution in [0.3, 0.4) is 0 Å². The number of hydrogen-bond donors (Lipinski definition) is 0. The first kappa shape index (κ1) is 20.3. The van der Waals surface area contributed by atoms with Gasteiger partial charge in [0.15, 0.2) is 10.9 Å². The number of thioether (sulfide) groups is 1. The van der Waals surface area contributed by atoms with Crippen molar-refractivity contribution in [3.05, 3.63) is 107 Å². The molecule has 150 valence electrons. The summed E-state index contributed by atoms with van der Waals surface area (Å²) in [4.78, 5) is 12.5. The highest BCUT2D eigenvalue weighted by Crippen LogP contribution is 2.25. The molecule has 0 saturated carbocycles. The van der Waals surface area contributed by atoms with Gasteiger partial charge in [-0.1, -0.05) is 53.7 Å². The van der Waals surface area contributed by atoms with E-state index in [1.54, 1.807) is 36.4 Å². The molecule has 0 unspecified atom stereocenters. The van der Waals surface area contributed by atoms with Gasteiger partial charge in [-0.05, 0) is 54.1 Å². The average Bonchev–Trinajstić information content (AvgIpc) is 3.16. The van der Waals surface area contributed by atoms with Crippen LogP contribution in [0.2, 0.25) is 5.02 Å². The molecule has 0 aliphatic heterocycles. The van der Waals surface area contributed by atoms with Crippen molar-refractivity contribution in [3.8, 4) is 5.69 Å². The molecule has 0 atom stereocenters. The van der Waals surface area contributed by atoms with E-state index in [4.69, 9.17) is 11.6 Å². The van der Waals surface area contributed by atoms with Gasteiger partial charge in [-0.3, -0.25) is 9.36 Å². The van der Waals surface area contributed by atoms with Crippen LogP contribution >= 0.6 is 23.4 Å². The number of rotatable bonds is 7. The minimum Gasteiger partial charge on any atom is -0.293 e. The van der Waals surface area contributed by atoms with Gasteiger partial charge in [-0.15, -0.1) is 10.2 Å². The summed E-state index contributed by atoms with van der Waals surface area (Å²) in [6.45, 7) is 0. The highest BCUT2D eigenvalue weighted by atomic mass is 35.5. The first-order chi connectivity index (χ1) is 14.6. The van der Waals surface area contributed by atoms with Gasteiger partial charge < -0.3 is 0 Å². The second-order valence-corrected chi connectivity index (χ2v) is 7.97. The van der Waals surface area contributed by atoms with E-state index in [0.717, 1.165) is 11.3 Å². The van der Waals surface area contributed by atoms with E-state index < -0.39 is 0 Å². The number of benzene rings is 3. The van der Waals surface area contributed by atoms with E-state index in [2.05, 4.69) is 10.2 Å². The third-order valence-corrected chi connectivity index (χ3v) is 5.67. The van der Waals surface area contributed by atoms with Gasteiger partial charge in [0, 0.05) is 22.7 Å². The largest absolute Gasteiger partial charge is 0.293 e. The fourth-order valence-corrected chi connectivity index (χ4v) is 3.98. The Morgan fingerprint density at radius 3 is 2.33 bits per heavy atom. The highest BCUT2D eigenvalue weighted by molar-refractivity contribution is 7.99. The van der Waals surface area contributed by atoms with Crippen molar-refractivity contribution in [2.75, 3.05) is 5.75 Å². The van der Waals surface area contributed by atoms with Gasteiger partial charge in [-0.2, -0.15) is 0 Å². The van der Waals surface area contributed by atoms with Crippen molar-refractivity contribution < 1.29 is 9.18 Å². The molecule has 7 heteroatoms. The van der Waals surface area contributed by atoms with E-state index >= 15 is 0 Å². The van der Waals surface area contributed by atoms with Crippen LogP contribution in [-0.2, 0) is 6.42 Å². The Morgan fingerprint density at radius 1 is 0.933 bits per heavy atom. The molecule has 0 spiro atoms. The molecule has 0 bridgehead atoms. The number of Topliss-reactive ketones (excluding diaryl/α,β-unsaturated/α-hetero) is 1. The van der Waals surface area contributed by atoms with E-state index in [0.29, 0.717) is 28.0 Å². The molecule has 1 aromatic heterocycles. The molecule has 0 amide bonds. The van der Waals surface area contributed by atoms with Crippen LogP contribution < -0.4 is 0 Å². The van der Waals surface area contributed by atoms with Gasteiger partial charge in [0.2, 0.25) is 0 Å². The molecule has 0 aliphatic rings. The maximum absolute atomic E-state index is 13.4. The summed E-state index contributed by atoms with van der Waals surface area (Å²) < 4.78 is 15.3. The summed E-state index contributed by atoms with van der Waals surface area (Å²) in [5, 5.41) is 9.80. The molecule has 4 aromatic rings. The fourth-order valence-electron chi connectivity index (χ4n) is 2.99. The Kier molecular flexibility index (Phi) is 6.26. The molecule has 3 aromatic carbocycles. The van der Waals surface area contributed by atoms with Gasteiger partial charge in [0.25, 0.3) is 0 Å². The Morgan fingerprint density at radius 2 is 1.63 bits per heavy atom.